The largest absolute Gasteiger partial charge is 0.359 e. The highest BCUT2D eigenvalue weighted by Crippen LogP contribution is 2.15. The molecule has 2 nitrogen and oxygen atoms in total. The van der Waals surface area contributed by atoms with Gasteiger partial charge in [-0.1, -0.05) is 149 Å². The highest BCUT2D eigenvalue weighted by Gasteiger charge is 2.10. The summed E-state index contributed by atoms with van der Waals surface area (Å²) in [7, 11) is 0. The van der Waals surface area contributed by atoms with E-state index in [1.165, 1.54) is 161 Å². The zero-order valence-electron chi connectivity index (χ0n) is 22.8. The number of hydrogen-bond donors (Lipinski definition) is 0. The van der Waals surface area contributed by atoms with Gasteiger partial charge in [0.05, 0.1) is 6.67 Å². The van der Waals surface area contributed by atoms with E-state index in [0.717, 1.165) is 6.67 Å². The lowest BCUT2D eigenvalue weighted by Gasteiger charge is -2.21. The molecule has 0 fully saturated rings. The molecule has 0 aromatic heterocycles. The molecule has 0 saturated heterocycles. The maximum Gasteiger partial charge on any atom is 0.0893 e. The first-order valence-corrected chi connectivity index (χ1v) is 15.0. The first kappa shape index (κ1) is 32.8. The molecule has 0 aromatic rings. The van der Waals surface area contributed by atoms with Crippen molar-refractivity contribution in [1.82, 2.24) is 9.80 Å². The SMILES string of the molecule is Br.CCCCCCCCCCCCCCCCCCN1C=CN(CCCCCCCCC)C1. The van der Waals surface area contributed by atoms with Gasteiger partial charge < -0.3 is 9.80 Å². The monoisotopic (exact) mass is 528 g/mol. The Kier molecular flexibility index (Phi) is 26.3. The van der Waals surface area contributed by atoms with E-state index in [2.05, 4.69) is 36.0 Å². The lowest BCUT2D eigenvalue weighted by molar-refractivity contribution is 0.257. The first-order valence-electron chi connectivity index (χ1n) is 15.0. The summed E-state index contributed by atoms with van der Waals surface area (Å²) in [6.07, 6.45) is 37.7. The minimum absolute atomic E-state index is 0. The van der Waals surface area contributed by atoms with E-state index in [4.69, 9.17) is 0 Å². The van der Waals surface area contributed by atoms with Crippen molar-refractivity contribution in [2.24, 2.45) is 0 Å². The van der Waals surface area contributed by atoms with Gasteiger partial charge in [0.25, 0.3) is 0 Å². The van der Waals surface area contributed by atoms with Gasteiger partial charge >= 0.3 is 0 Å². The van der Waals surface area contributed by atoms with Crippen molar-refractivity contribution < 1.29 is 0 Å². The summed E-state index contributed by atoms with van der Waals surface area (Å²) in [5, 5.41) is 0. The van der Waals surface area contributed by atoms with E-state index in [9.17, 15) is 0 Å². The van der Waals surface area contributed by atoms with Crippen LogP contribution in [0.1, 0.15) is 162 Å². The van der Waals surface area contributed by atoms with Gasteiger partial charge in [-0.05, 0) is 12.8 Å². The van der Waals surface area contributed by atoms with Crippen LogP contribution in [0.2, 0.25) is 0 Å². The molecule has 0 atom stereocenters. The van der Waals surface area contributed by atoms with E-state index in [1.807, 2.05) is 0 Å². The third-order valence-electron chi connectivity index (χ3n) is 7.20. The van der Waals surface area contributed by atoms with E-state index in [-0.39, 0.29) is 17.0 Å². The normalized spacial score (nSPS) is 13.2. The predicted octanol–water partition coefficient (Wildman–Crippen LogP) is 10.6. The maximum absolute atomic E-state index is 2.52. The van der Waals surface area contributed by atoms with E-state index >= 15 is 0 Å². The number of nitrogens with zero attached hydrogens (tertiary/aromatic N) is 2. The summed E-state index contributed by atoms with van der Waals surface area (Å²) in [6.45, 7) is 8.24. The van der Waals surface area contributed by atoms with Gasteiger partial charge in [0, 0.05) is 25.5 Å². The van der Waals surface area contributed by atoms with Crippen molar-refractivity contribution >= 4 is 17.0 Å². The van der Waals surface area contributed by atoms with Crippen LogP contribution in [0.4, 0.5) is 0 Å². The fourth-order valence-corrected chi connectivity index (χ4v) is 4.94. The highest BCUT2D eigenvalue weighted by atomic mass is 79.9. The summed E-state index contributed by atoms with van der Waals surface area (Å²) in [6, 6.07) is 0. The van der Waals surface area contributed by atoms with Crippen molar-refractivity contribution in [2.75, 3.05) is 19.8 Å². The third kappa shape index (κ3) is 22.1. The second kappa shape index (κ2) is 26.4. The van der Waals surface area contributed by atoms with Crippen molar-refractivity contribution in [3.8, 4) is 0 Å². The molecule has 1 rings (SSSR count). The van der Waals surface area contributed by atoms with E-state index < -0.39 is 0 Å². The summed E-state index contributed by atoms with van der Waals surface area (Å²) >= 11 is 0. The van der Waals surface area contributed by atoms with Crippen molar-refractivity contribution in [3.05, 3.63) is 12.4 Å². The van der Waals surface area contributed by atoms with E-state index in [1.54, 1.807) is 0 Å². The molecule has 0 radical (unpaired) electrons. The molecule has 198 valence electrons. The summed E-state index contributed by atoms with van der Waals surface area (Å²) in [5.41, 5.74) is 0. The first-order chi connectivity index (χ1) is 15.9. The smallest absolute Gasteiger partial charge is 0.0893 e. The zero-order chi connectivity index (χ0) is 23.0. The van der Waals surface area contributed by atoms with Crippen molar-refractivity contribution in [2.45, 2.75) is 162 Å². The molecule has 3 heteroatoms. The van der Waals surface area contributed by atoms with Gasteiger partial charge in [0.1, 0.15) is 0 Å². The Morgan fingerprint density at radius 2 is 0.636 bits per heavy atom. The quantitative estimate of drug-likeness (QED) is 0.109. The molecule has 1 heterocycles. The Balaban J connectivity index is 0.0000102. The van der Waals surface area contributed by atoms with Crippen LogP contribution in [-0.4, -0.2) is 29.6 Å². The fraction of sp³-hybridized carbons (Fsp3) is 0.933. The Morgan fingerprint density at radius 3 is 0.909 bits per heavy atom. The molecule has 0 saturated carbocycles. The highest BCUT2D eigenvalue weighted by molar-refractivity contribution is 8.93. The molecular weight excluding hydrogens is 468 g/mol. The van der Waals surface area contributed by atoms with Crippen LogP contribution >= 0.6 is 17.0 Å². The van der Waals surface area contributed by atoms with Crippen LogP contribution in [0.5, 0.6) is 0 Å². The molecule has 1 aliphatic rings. The van der Waals surface area contributed by atoms with Crippen LogP contribution in [0, 0.1) is 0 Å². The van der Waals surface area contributed by atoms with Gasteiger partial charge in [0.2, 0.25) is 0 Å². The van der Waals surface area contributed by atoms with Crippen LogP contribution in [-0.2, 0) is 0 Å². The molecule has 33 heavy (non-hydrogen) atoms. The topological polar surface area (TPSA) is 6.48 Å². The standard InChI is InChI=1S/C30H60N2.BrH/c1-3-5-7-9-11-12-13-14-15-16-17-18-19-21-23-25-27-32-29-28-31(30-32)26-24-22-20-10-8-6-4-2;/h28-29H,3-27,30H2,1-2H3;1H. The molecule has 0 aromatic carbocycles. The van der Waals surface area contributed by atoms with Gasteiger partial charge in [-0.15, -0.1) is 17.0 Å². The van der Waals surface area contributed by atoms with Crippen molar-refractivity contribution in [1.29, 1.82) is 0 Å². The minimum atomic E-state index is 0. The number of halogens is 1. The van der Waals surface area contributed by atoms with Gasteiger partial charge in [0.15, 0.2) is 0 Å². The molecule has 0 spiro atoms. The fourth-order valence-electron chi connectivity index (χ4n) is 4.94. The van der Waals surface area contributed by atoms with Gasteiger partial charge in [-0.3, -0.25) is 0 Å². The summed E-state index contributed by atoms with van der Waals surface area (Å²) in [4.78, 5) is 5.03. The second-order valence-corrected chi connectivity index (χ2v) is 10.5. The molecular formula is C30H61BrN2. The average Bonchev–Trinajstić information content (AvgIpc) is 3.26. The molecule has 0 amide bonds. The van der Waals surface area contributed by atoms with Gasteiger partial charge in [-0.2, -0.15) is 0 Å². The Labute approximate surface area is 220 Å². The second-order valence-electron chi connectivity index (χ2n) is 10.5. The predicted molar refractivity (Wildman–Crippen MR) is 155 cm³/mol. The number of rotatable bonds is 25. The summed E-state index contributed by atoms with van der Waals surface area (Å²) in [5.74, 6) is 0. The maximum atomic E-state index is 2.52. The Bertz CT molecular complexity index is 399. The lowest BCUT2D eigenvalue weighted by atomic mass is 10.0. The zero-order valence-corrected chi connectivity index (χ0v) is 24.6. The Morgan fingerprint density at radius 1 is 0.394 bits per heavy atom. The Hall–Kier alpha value is -0.180. The minimum Gasteiger partial charge on any atom is -0.359 e. The molecule has 0 unspecified atom stereocenters. The number of unbranched alkanes of at least 4 members (excludes halogenated alkanes) is 21. The molecule has 0 N–H and O–H groups in total. The van der Waals surface area contributed by atoms with E-state index in [0.29, 0.717) is 0 Å². The molecule has 0 aliphatic carbocycles. The number of hydrogen-bond acceptors (Lipinski definition) is 2. The van der Waals surface area contributed by atoms with Crippen LogP contribution in [0.25, 0.3) is 0 Å². The third-order valence-corrected chi connectivity index (χ3v) is 7.20. The average molecular weight is 530 g/mol. The van der Waals surface area contributed by atoms with Crippen LogP contribution in [0.3, 0.4) is 0 Å². The van der Waals surface area contributed by atoms with Crippen molar-refractivity contribution in [3.63, 3.8) is 0 Å². The van der Waals surface area contributed by atoms with Gasteiger partial charge in [-0.25, -0.2) is 0 Å². The van der Waals surface area contributed by atoms with Crippen LogP contribution in [0.15, 0.2) is 12.4 Å². The van der Waals surface area contributed by atoms with Crippen LogP contribution < -0.4 is 0 Å². The lowest BCUT2D eigenvalue weighted by Crippen LogP contribution is -2.26. The molecule has 0 bridgehead atoms. The summed E-state index contributed by atoms with van der Waals surface area (Å²) < 4.78 is 0. The molecule has 1 aliphatic heterocycles.